The molecule has 0 fully saturated rings. The van der Waals surface area contributed by atoms with Gasteiger partial charge in [-0.05, 0) is 25.5 Å². The van der Waals surface area contributed by atoms with Crippen molar-refractivity contribution in [2.45, 2.75) is 13.8 Å². The van der Waals surface area contributed by atoms with Gasteiger partial charge in [0.2, 0.25) is 10.0 Å². The zero-order chi connectivity index (χ0) is 9.35. The lowest BCUT2D eigenvalue weighted by Gasteiger charge is -1.97. The molecule has 3 nitrogen and oxygen atoms in total. The van der Waals surface area contributed by atoms with Crippen LogP contribution in [0.5, 0.6) is 0 Å². The third-order valence-corrected chi connectivity index (χ3v) is 3.24. The molecule has 1 aromatic heterocycles. The number of nitrogens with one attached hydrogen (secondary N) is 1. The molecule has 0 radical (unpaired) electrons. The largest absolute Gasteiger partial charge is 0.275 e. The average molecular weight is 205 g/mol. The Morgan fingerprint density at radius 1 is 1.42 bits per heavy atom. The third kappa shape index (κ3) is 2.49. The first-order chi connectivity index (χ1) is 5.38. The van der Waals surface area contributed by atoms with Gasteiger partial charge in [-0.1, -0.05) is 0 Å². The molecule has 68 valence electrons. The van der Waals surface area contributed by atoms with E-state index in [-0.39, 0.29) is 0 Å². The predicted molar refractivity (Wildman–Crippen MR) is 52.3 cm³/mol. The molecule has 0 spiro atoms. The number of aryl methyl sites for hydroxylation is 2. The molecule has 0 aliphatic heterocycles. The normalized spacial score (nSPS) is 11.6. The molecule has 1 rings (SSSR count). The predicted octanol–water partition coefficient (Wildman–Crippen LogP) is 1.74. The first kappa shape index (κ1) is 9.54. The van der Waals surface area contributed by atoms with Crippen LogP contribution in [-0.4, -0.2) is 14.7 Å². The Balaban J connectivity index is 2.92. The van der Waals surface area contributed by atoms with Crippen LogP contribution in [0, 0.1) is 13.8 Å². The zero-order valence-corrected chi connectivity index (χ0v) is 8.84. The van der Waals surface area contributed by atoms with Gasteiger partial charge in [0.05, 0.1) is 6.26 Å². The second-order valence-corrected chi connectivity index (χ2v) is 5.73. The van der Waals surface area contributed by atoms with Gasteiger partial charge in [-0.15, -0.1) is 11.3 Å². The molecule has 0 aromatic carbocycles. The van der Waals surface area contributed by atoms with E-state index in [0.717, 1.165) is 16.7 Å². The van der Waals surface area contributed by atoms with Gasteiger partial charge in [-0.25, -0.2) is 8.42 Å². The minimum atomic E-state index is -3.12. The Morgan fingerprint density at radius 2 is 2.00 bits per heavy atom. The van der Waals surface area contributed by atoms with E-state index >= 15 is 0 Å². The number of rotatable bonds is 2. The molecule has 1 N–H and O–H groups in total. The molecule has 0 amide bonds. The van der Waals surface area contributed by atoms with Crippen molar-refractivity contribution in [1.29, 1.82) is 0 Å². The van der Waals surface area contributed by atoms with Crippen LogP contribution in [0.2, 0.25) is 0 Å². The minimum absolute atomic E-state index is 0.688. The van der Waals surface area contributed by atoms with Gasteiger partial charge in [0.25, 0.3) is 0 Å². The Morgan fingerprint density at radius 3 is 2.33 bits per heavy atom. The van der Waals surface area contributed by atoms with Crippen molar-refractivity contribution in [2.75, 3.05) is 11.0 Å². The van der Waals surface area contributed by atoms with Gasteiger partial charge in [0, 0.05) is 4.88 Å². The molecule has 0 aliphatic rings. The molecular weight excluding hydrogens is 194 g/mol. The standard InChI is InChI=1S/C7H11NO2S2/c1-5-4-7(11-6(5)2)8-12(3,9)10/h4,8H,1-3H3. The second-order valence-electron chi connectivity index (χ2n) is 2.72. The highest BCUT2D eigenvalue weighted by atomic mass is 32.2. The van der Waals surface area contributed by atoms with Crippen LogP contribution in [0.25, 0.3) is 0 Å². The lowest BCUT2D eigenvalue weighted by atomic mass is 10.3. The highest BCUT2D eigenvalue weighted by Crippen LogP contribution is 2.25. The maximum absolute atomic E-state index is 10.8. The summed E-state index contributed by atoms with van der Waals surface area (Å²) in [5, 5.41) is 0.688. The summed E-state index contributed by atoms with van der Waals surface area (Å²) in [6, 6.07) is 1.83. The van der Waals surface area contributed by atoms with Gasteiger partial charge in [-0.2, -0.15) is 0 Å². The number of anilines is 1. The summed E-state index contributed by atoms with van der Waals surface area (Å²) in [6.45, 7) is 3.92. The van der Waals surface area contributed by atoms with Gasteiger partial charge in [0.15, 0.2) is 0 Å². The number of sulfonamides is 1. The lowest BCUT2D eigenvalue weighted by Crippen LogP contribution is -2.07. The van der Waals surface area contributed by atoms with Gasteiger partial charge in [-0.3, -0.25) is 4.72 Å². The summed E-state index contributed by atoms with van der Waals surface area (Å²) < 4.78 is 24.1. The third-order valence-electron chi connectivity index (χ3n) is 1.45. The minimum Gasteiger partial charge on any atom is -0.275 e. The number of hydrogen-bond acceptors (Lipinski definition) is 3. The van der Waals surface area contributed by atoms with Crippen molar-refractivity contribution in [2.24, 2.45) is 0 Å². The topological polar surface area (TPSA) is 46.2 Å². The van der Waals surface area contributed by atoms with Crippen LogP contribution in [0.3, 0.4) is 0 Å². The molecule has 0 saturated carbocycles. The fraction of sp³-hybridized carbons (Fsp3) is 0.429. The maximum atomic E-state index is 10.8. The fourth-order valence-corrected chi connectivity index (χ4v) is 2.64. The van der Waals surface area contributed by atoms with E-state index in [4.69, 9.17) is 0 Å². The quantitative estimate of drug-likeness (QED) is 0.799. The SMILES string of the molecule is Cc1cc(NS(C)(=O)=O)sc1C. The first-order valence-corrected chi connectivity index (χ1v) is 6.14. The van der Waals surface area contributed by atoms with Crippen LogP contribution < -0.4 is 4.72 Å². The summed E-state index contributed by atoms with van der Waals surface area (Å²) in [5.41, 5.74) is 1.12. The summed E-state index contributed by atoms with van der Waals surface area (Å²) in [6.07, 6.45) is 1.15. The smallest absolute Gasteiger partial charge is 0.230 e. The first-order valence-electron chi connectivity index (χ1n) is 3.43. The van der Waals surface area contributed by atoms with Crippen LogP contribution >= 0.6 is 11.3 Å². The molecule has 0 aliphatic carbocycles. The van der Waals surface area contributed by atoms with Gasteiger partial charge in [0.1, 0.15) is 5.00 Å². The van der Waals surface area contributed by atoms with Crippen LogP contribution in [-0.2, 0) is 10.0 Å². The van der Waals surface area contributed by atoms with Crippen LogP contribution in [0.1, 0.15) is 10.4 Å². The van der Waals surface area contributed by atoms with E-state index in [1.165, 1.54) is 11.3 Å². The molecule has 1 heterocycles. The van der Waals surface area contributed by atoms with Crippen molar-refractivity contribution < 1.29 is 8.42 Å². The van der Waals surface area contributed by atoms with Crippen molar-refractivity contribution in [3.63, 3.8) is 0 Å². The molecule has 0 saturated heterocycles. The molecule has 5 heteroatoms. The van der Waals surface area contributed by atoms with Crippen LogP contribution in [0.4, 0.5) is 5.00 Å². The monoisotopic (exact) mass is 205 g/mol. The zero-order valence-electron chi connectivity index (χ0n) is 7.21. The summed E-state index contributed by atoms with van der Waals surface area (Å²) in [4.78, 5) is 1.14. The Labute approximate surface area is 76.5 Å². The van der Waals surface area contributed by atoms with E-state index in [1.54, 1.807) is 0 Å². The second kappa shape index (κ2) is 3.06. The van der Waals surface area contributed by atoms with Crippen molar-refractivity contribution >= 4 is 26.4 Å². The number of thiophene rings is 1. The summed E-state index contributed by atoms with van der Waals surface area (Å²) in [7, 11) is -3.12. The van der Waals surface area contributed by atoms with E-state index in [0.29, 0.717) is 5.00 Å². The molecule has 1 aromatic rings. The molecule has 0 unspecified atom stereocenters. The fourth-order valence-electron chi connectivity index (χ4n) is 0.806. The Bertz CT molecular complexity index is 359. The molecule has 12 heavy (non-hydrogen) atoms. The van der Waals surface area contributed by atoms with Crippen molar-refractivity contribution in [1.82, 2.24) is 0 Å². The van der Waals surface area contributed by atoms with E-state index in [2.05, 4.69) is 4.72 Å². The summed E-state index contributed by atoms with van der Waals surface area (Å²) >= 11 is 1.45. The van der Waals surface area contributed by atoms with E-state index < -0.39 is 10.0 Å². The number of hydrogen-bond donors (Lipinski definition) is 1. The molecule has 0 atom stereocenters. The maximum Gasteiger partial charge on any atom is 0.230 e. The average Bonchev–Trinajstić information content (AvgIpc) is 2.07. The lowest BCUT2D eigenvalue weighted by molar-refractivity contribution is 0.607. The highest BCUT2D eigenvalue weighted by Gasteiger charge is 2.05. The highest BCUT2D eigenvalue weighted by molar-refractivity contribution is 7.92. The summed E-state index contributed by atoms with van der Waals surface area (Å²) in [5.74, 6) is 0. The Hall–Kier alpha value is -0.550. The molecule has 0 bridgehead atoms. The van der Waals surface area contributed by atoms with Crippen molar-refractivity contribution in [3.05, 3.63) is 16.5 Å². The van der Waals surface area contributed by atoms with E-state index in [9.17, 15) is 8.42 Å². The van der Waals surface area contributed by atoms with Gasteiger partial charge >= 0.3 is 0 Å². The van der Waals surface area contributed by atoms with Gasteiger partial charge < -0.3 is 0 Å². The van der Waals surface area contributed by atoms with Crippen LogP contribution in [0.15, 0.2) is 6.07 Å². The Kier molecular flexibility index (Phi) is 2.44. The molecular formula is C7H11NO2S2. The van der Waals surface area contributed by atoms with E-state index in [1.807, 2.05) is 19.9 Å². The van der Waals surface area contributed by atoms with Crippen molar-refractivity contribution in [3.8, 4) is 0 Å².